The van der Waals surface area contributed by atoms with Gasteiger partial charge in [0.15, 0.2) is 0 Å². The second kappa shape index (κ2) is 8.52. The quantitative estimate of drug-likeness (QED) is 0.802. The van der Waals surface area contributed by atoms with Crippen molar-refractivity contribution in [1.29, 1.82) is 0 Å². The lowest BCUT2D eigenvalue weighted by Crippen LogP contribution is -2.38. The third-order valence-corrected chi connectivity index (χ3v) is 4.40. The minimum atomic E-state index is -0.549. The molecule has 2 rings (SSSR count). The van der Waals surface area contributed by atoms with Crippen molar-refractivity contribution >= 4 is 17.8 Å². The van der Waals surface area contributed by atoms with E-state index in [1.165, 1.54) is 0 Å². The highest BCUT2D eigenvalue weighted by Crippen LogP contribution is 2.31. The first-order chi connectivity index (χ1) is 12.2. The first-order valence-corrected chi connectivity index (χ1v) is 9.46. The van der Waals surface area contributed by atoms with Gasteiger partial charge in [0.2, 0.25) is 5.91 Å². The Morgan fingerprint density at radius 1 is 1.31 bits per heavy atom. The number of hydrogen-bond donors (Lipinski definition) is 0. The van der Waals surface area contributed by atoms with Gasteiger partial charge >= 0.3 is 6.09 Å². The molecule has 0 spiro atoms. The maximum atomic E-state index is 12.5. The Kier molecular flexibility index (Phi) is 6.62. The largest absolute Gasteiger partial charge is 0.443 e. The minimum Gasteiger partial charge on any atom is -0.443 e. The molecule has 0 aromatic carbocycles. The summed E-state index contributed by atoms with van der Waals surface area (Å²) in [6.07, 6.45) is 5.31. The summed E-state index contributed by atoms with van der Waals surface area (Å²) in [4.78, 5) is 32.4. The van der Waals surface area contributed by atoms with Crippen LogP contribution in [-0.4, -0.2) is 40.6 Å². The molecule has 2 heterocycles. The van der Waals surface area contributed by atoms with Crippen molar-refractivity contribution in [2.24, 2.45) is 0 Å². The van der Waals surface area contributed by atoms with Crippen LogP contribution >= 0.6 is 0 Å². The molecule has 0 radical (unpaired) electrons. The molecule has 0 unspecified atom stereocenters. The number of ether oxygens (including phenoxy) is 1. The lowest BCUT2D eigenvalue weighted by atomic mass is 9.96. The molecule has 6 nitrogen and oxygen atoms in total. The van der Waals surface area contributed by atoms with Crippen molar-refractivity contribution in [2.75, 3.05) is 18.0 Å². The van der Waals surface area contributed by atoms with Crippen LogP contribution in [0, 0.1) is 0 Å². The van der Waals surface area contributed by atoms with Gasteiger partial charge in [0.25, 0.3) is 0 Å². The molecule has 1 saturated heterocycles. The Morgan fingerprint density at radius 3 is 2.58 bits per heavy atom. The zero-order valence-corrected chi connectivity index (χ0v) is 16.6. The van der Waals surface area contributed by atoms with Crippen LogP contribution in [0.15, 0.2) is 18.3 Å². The molecule has 1 aromatic heterocycles. The fraction of sp³-hybridized carbons (Fsp3) is 0.650. The maximum Gasteiger partial charge on any atom is 0.416 e. The number of piperidine rings is 1. The van der Waals surface area contributed by atoms with Crippen molar-refractivity contribution in [3.63, 3.8) is 0 Å². The zero-order chi connectivity index (χ0) is 19.3. The van der Waals surface area contributed by atoms with E-state index in [1.54, 1.807) is 18.0 Å². The Hall–Kier alpha value is -2.11. The topological polar surface area (TPSA) is 62.7 Å². The maximum absolute atomic E-state index is 12.5. The van der Waals surface area contributed by atoms with Gasteiger partial charge in [-0.15, -0.1) is 0 Å². The smallest absolute Gasteiger partial charge is 0.416 e. The van der Waals surface area contributed by atoms with Gasteiger partial charge in [-0.25, -0.2) is 9.78 Å². The first-order valence-electron chi connectivity index (χ1n) is 9.46. The van der Waals surface area contributed by atoms with Gasteiger partial charge in [-0.2, -0.15) is 0 Å². The summed E-state index contributed by atoms with van der Waals surface area (Å²) in [5, 5.41) is 0. The van der Waals surface area contributed by atoms with Crippen molar-refractivity contribution in [2.45, 2.75) is 71.9 Å². The number of amides is 2. The lowest BCUT2D eigenvalue weighted by Gasteiger charge is -2.35. The SMILES string of the molecule is CCCN(C(=O)OC(C)(C)C)c1ccc([C@@H]2CCCCN2C(C)=O)cn1. The van der Waals surface area contributed by atoms with Gasteiger partial charge in [0, 0.05) is 26.2 Å². The van der Waals surface area contributed by atoms with Crippen LogP contribution < -0.4 is 4.90 Å². The average Bonchev–Trinajstić information content (AvgIpc) is 2.58. The van der Waals surface area contributed by atoms with Crippen LogP contribution in [0.2, 0.25) is 0 Å². The van der Waals surface area contributed by atoms with E-state index in [9.17, 15) is 9.59 Å². The van der Waals surface area contributed by atoms with Crippen molar-refractivity contribution in [3.8, 4) is 0 Å². The van der Waals surface area contributed by atoms with Gasteiger partial charge < -0.3 is 9.64 Å². The molecule has 0 saturated carbocycles. The molecular formula is C20H31N3O3. The molecule has 0 N–H and O–H groups in total. The first kappa shape index (κ1) is 20.2. The molecule has 1 aliphatic rings. The molecule has 1 aromatic rings. The Labute approximate surface area is 156 Å². The molecule has 144 valence electrons. The highest BCUT2D eigenvalue weighted by Gasteiger charge is 2.27. The molecular weight excluding hydrogens is 330 g/mol. The summed E-state index contributed by atoms with van der Waals surface area (Å²) in [6, 6.07) is 3.90. The highest BCUT2D eigenvalue weighted by molar-refractivity contribution is 5.86. The van der Waals surface area contributed by atoms with Crippen molar-refractivity contribution in [1.82, 2.24) is 9.88 Å². The molecule has 0 aliphatic carbocycles. The summed E-state index contributed by atoms with van der Waals surface area (Å²) in [5.74, 6) is 0.676. The summed E-state index contributed by atoms with van der Waals surface area (Å²) in [5.41, 5.74) is 0.469. The van der Waals surface area contributed by atoms with E-state index in [0.717, 1.165) is 37.8 Å². The third-order valence-electron chi connectivity index (χ3n) is 4.40. The molecule has 0 bridgehead atoms. The van der Waals surface area contributed by atoms with Crippen LogP contribution in [0.4, 0.5) is 10.6 Å². The van der Waals surface area contributed by atoms with Crippen molar-refractivity contribution < 1.29 is 14.3 Å². The van der Waals surface area contributed by atoms with E-state index in [-0.39, 0.29) is 18.0 Å². The van der Waals surface area contributed by atoms with E-state index in [4.69, 9.17) is 4.74 Å². The Balaban J connectivity index is 2.20. The number of hydrogen-bond acceptors (Lipinski definition) is 4. The van der Waals surface area contributed by atoms with Crippen LogP contribution in [0.25, 0.3) is 0 Å². The number of aromatic nitrogens is 1. The van der Waals surface area contributed by atoms with Gasteiger partial charge in [-0.3, -0.25) is 9.69 Å². The third kappa shape index (κ3) is 5.19. The van der Waals surface area contributed by atoms with Crippen LogP contribution in [-0.2, 0) is 9.53 Å². The number of rotatable bonds is 4. The molecule has 6 heteroatoms. The average molecular weight is 361 g/mol. The van der Waals surface area contributed by atoms with E-state index >= 15 is 0 Å². The second-order valence-electron chi connectivity index (χ2n) is 7.81. The number of likely N-dealkylation sites (tertiary alicyclic amines) is 1. The van der Waals surface area contributed by atoms with Crippen LogP contribution in [0.3, 0.4) is 0 Å². The van der Waals surface area contributed by atoms with E-state index in [1.807, 2.05) is 44.7 Å². The van der Waals surface area contributed by atoms with E-state index in [2.05, 4.69) is 4.98 Å². The number of anilines is 1. The van der Waals surface area contributed by atoms with Gasteiger partial charge in [-0.05, 0) is 58.1 Å². The van der Waals surface area contributed by atoms with Crippen LogP contribution in [0.5, 0.6) is 0 Å². The Morgan fingerprint density at radius 2 is 2.04 bits per heavy atom. The summed E-state index contributed by atoms with van der Waals surface area (Å²) in [7, 11) is 0. The number of nitrogens with zero attached hydrogens (tertiary/aromatic N) is 3. The Bertz CT molecular complexity index is 622. The summed E-state index contributed by atoms with van der Waals surface area (Å²) >= 11 is 0. The summed E-state index contributed by atoms with van der Waals surface area (Å²) < 4.78 is 5.50. The second-order valence-corrected chi connectivity index (χ2v) is 7.81. The van der Waals surface area contributed by atoms with Crippen molar-refractivity contribution in [3.05, 3.63) is 23.9 Å². The number of carbonyl (C=O) groups is 2. The van der Waals surface area contributed by atoms with E-state index in [0.29, 0.717) is 12.4 Å². The summed E-state index contributed by atoms with van der Waals surface area (Å²) in [6.45, 7) is 10.5. The molecule has 2 amide bonds. The van der Waals surface area contributed by atoms with Crippen LogP contribution in [0.1, 0.15) is 71.9 Å². The monoisotopic (exact) mass is 361 g/mol. The zero-order valence-electron chi connectivity index (χ0n) is 16.6. The lowest BCUT2D eigenvalue weighted by molar-refractivity contribution is -0.132. The molecule has 1 fully saturated rings. The fourth-order valence-corrected chi connectivity index (χ4v) is 3.25. The minimum absolute atomic E-state index is 0.0731. The van der Waals surface area contributed by atoms with E-state index < -0.39 is 5.60 Å². The van der Waals surface area contributed by atoms with Gasteiger partial charge in [-0.1, -0.05) is 13.0 Å². The standard InChI is InChI=1S/C20H31N3O3/c1-6-12-23(19(25)26-20(3,4)5)18-11-10-16(14-21-18)17-9-7-8-13-22(17)15(2)24/h10-11,14,17H,6-9,12-13H2,1-5H3/t17-/m0/s1. The van der Waals surface area contributed by atoms with Gasteiger partial charge in [0.1, 0.15) is 11.4 Å². The molecule has 26 heavy (non-hydrogen) atoms. The fourth-order valence-electron chi connectivity index (χ4n) is 3.25. The molecule has 1 atom stereocenters. The molecule has 1 aliphatic heterocycles. The predicted octanol–water partition coefficient (Wildman–Crippen LogP) is 4.31. The highest BCUT2D eigenvalue weighted by atomic mass is 16.6. The normalized spacial score (nSPS) is 17.7. The predicted molar refractivity (Wildman–Crippen MR) is 102 cm³/mol. The van der Waals surface area contributed by atoms with Gasteiger partial charge in [0.05, 0.1) is 6.04 Å². The number of pyridine rings is 1. The number of carbonyl (C=O) groups excluding carboxylic acids is 2.